The van der Waals surface area contributed by atoms with Crippen molar-refractivity contribution in [2.24, 2.45) is 0 Å². The monoisotopic (exact) mass is 264 g/mol. The van der Waals surface area contributed by atoms with Crippen LogP contribution < -0.4 is 0 Å². The predicted octanol–water partition coefficient (Wildman–Crippen LogP) is 3.43. The molecule has 0 radical (unpaired) electrons. The van der Waals surface area contributed by atoms with Crippen molar-refractivity contribution >= 4 is 0 Å². The minimum atomic E-state index is 0. The fraction of sp³-hybridized carbons (Fsp3) is 0. The number of hydrogen-bond donors (Lipinski definition) is 0. The molecule has 72 valence electrons. The molecule has 0 bridgehead atoms. The summed E-state index contributed by atoms with van der Waals surface area (Å²) in [5.74, 6) is 0. The standard InChI is InChI=1S/C8H7.C5H5.2Ti/c1-2-4-6-8-7-5-3-1;1-2-4-5-3-1;;/h1-7H;1-5H;;/q2*-1;;+2. The quantitative estimate of drug-likeness (QED) is 0.497. The molecule has 0 aliphatic heterocycles. The second kappa shape index (κ2) is 13.7. The van der Waals surface area contributed by atoms with Crippen LogP contribution in [0, 0.1) is 6.08 Å². The van der Waals surface area contributed by atoms with Gasteiger partial charge in [0.1, 0.15) is 0 Å². The van der Waals surface area contributed by atoms with Gasteiger partial charge in [-0.05, 0) is 0 Å². The minimum absolute atomic E-state index is 0. The van der Waals surface area contributed by atoms with E-state index in [-0.39, 0.29) is 43.4 Å². The van der Waals surface area contributed by atoms with Crippen molar-refractivity contribution in [2.75, 3.05) is 0 Å². The summed E-state index contributed by atoms with van der Waals surface area (Å²) in [7, 11) is 0. The van der Waals surface area contributed by atoms with Crippen LogP contribution in [-0.4, -0.2) is 0 Å². The summed E-state index contributed by atoms with van der Waals surface area (Å²) in [4.78, 5) is 0. The molecule has 0 amide bonds. The maximum absolute atomic E-state index is 2.94. The Hall–Kier alpha value is -0.261. The van der Waals surface area contributed by atoms with Gasteiger partial charge in [-0.1, -0.05) is 6.08 Å². The van der Waals surface area contributed by atoms with E-state index in [9.17, 15) is 0 Å². The van der Waals surface area contributed by atoms with Crippen LogP contribution in [0.2, 0.25) is 0 Å². The van der Waals surface area contributed by atoms with Crippen molar-refractivity contribution in [3.05, 3.63) is 78.9 Å². The third-order valence-electron chi connectivity index (χ3n) is 1.38. The Kier molecular flexibility index (Phi) is 15.7. The number of rotatable bonds is 0. The van der Waals surface area contributed by atoms with E-state index in [1.807, 2.05) is 72.9 Å². The van der Waals surface area contributed by atoms with Crippen molar-refractivity contribution in [3.63, 3.8) is 0 Å². The van der Waals surface area contributed by atoms with E-state index in [0.29, 0.717) is 0 Å². The molecule has 1 aromatic rings. The summed E-state index contributed by atoms with van der Waals surface area (Å²) < 4.78 is 0. The van der Waals surface area contributed by atoms with Gasteiger partial charge in [-0.2, -0.15) is 48.6 Å². The van der Waals surface area contributed by atoms with E-state index >= 15 is 0 Å². The Morgan fingerprint density at radius 1 is 0.800 bits per heavy atom. The van der Waals surface area contributed by atoms with Gasteiger partial charge in [0.2, 0.25) is 0 Å². The van der Waals surface area contributed by atoms with E-state index < -0.39 is 0 Å². The van der Waals surface area contributed by atoms with Crippen LogP contribution in [0.25, 0.3) is 0 Å². The summed E-state index contributed by atoms with van der Waals surface area (Å²) >= 11 is 0. The maximum atomic E-state index is 2.94. The normalized spacial score (nSPS) is 11.2. The van der Waals surface area contributed by atoms with Crippen molar-refractivity contribution in [2.45, 2.75) is 0 Å². The van der Waals surface area contributed by atoms with Crippen molar-refractivity contribution < 1.29 is 43.4 Å². The third kappa shape index (κ3) is 11.7. The molecular weight excluding hydrogens is 252 g/mol. The summed E-state index contributed by atoms with van der Waals surface area (Å²) in [5, 5.41) is 0. The Labute approximate surface area is 122 Å². The first kappa shape index (κ1) is 17.1. The van der Waals surface area contributed by atoms with Crippen LogP contribution in [-0.2, 0) is 43.4 Å². The number of allylic oxidation sites excluding steroid dienone is 8. The topological polar surface area (TPSA) is 0 Å². The Balaban J connectivity index is 0. The number of hydrogen-bond acceptors (Lipinski definition) is 0. The van der Waals surface area contributed by atoms with Crippen LogP contribution in [0.3, 0.4) is 0 Å². The van der Waals surface area contributed by atoms with Gasteiger partial charge >= 0.3 is 21.7 Å². The van der Waals surface area contributed by atoms with Gasteiger partial charge in [0, 0.05) is 21.7 Å². The third-order valence-corrected chi connectivity index (χ3v) is 1.38. The molecule has 0 fully saturated rings. The molecule has 15 heavy (non-hydrogen) atoms. The summed E-state index contributed by atoms with van der Waals surface area (Å²) in [6.45, 7) is 0. The average Bonchev–Trinajstić information content (AvgIpc) is 2.58. The summed E-state index contributed by atoms with van der Waals surface area (Å²) in [5.41, 5.74) is 0. The summed E-state index contributed by atoms with van der Waals surface area (Å²) in [6, 6.07) is 10.0. The van der Waals surface area contributed by atoms with Gasteiger partial charge in [0.05, 0.1) is 0 Å². The van der Waals surface area contributed by atoms with Gasteiger partial charge in [-0.15, -0.1) is 12.2 Å². The maximum Gasteiger partial charge on any atom is 2.00 e. The van der Waals surface area contributed by atoms with Gasteiger partial charge in [0.15, 0.2) is 0 Å². The fourth-order valence-corrected chi connectivity index (χ4v) is 0.791. The molecule has 0 aromatic heterocycles. The van der Waals surface area contributed by atoms with Gasteiger partial charge < -0.3 is 0 Å². The Morgan fingerprint density at radius 2 is 1.40 bits per heavy atom. The van der Waals surface area contributed by atoms with Crippen LogP contribution in [0.1, 0.15) is 0 Å². The first-order valence-electron chi connectivity index (χ1n) is 4.24. The fourth-order valence-electron chi connectivity index (χ4n) is 0.791. The molecule has 0 saturated heterocycles. The Bertz CT molecular complexity index is 230. The molecule has 0 N–H and O–H groups in total. The van der Waals surface area contributed by atoms with E-state index in [2.05, 4.69) is 6.08 Å². The second-order valence-corrected chi connectivity index (χ2v) is 2.42. The zero-order chi connectivity index (χ0) is 9.19. The first-order valence-corrected chi connectivity index (χ1v) is 4.24. The molecule has 2 heteroatoms. The molecule has 0 saturated carbocycles. The van der Waals surface area contributed by atoms with E-state index in [0.717, 1.165) is 0 Å². The molecule has 0 nitrogen and oxygen atoms in total. The smallest absolute Gasteiger partial charge is 0.214 e. The molecule has 1 aliphatic rings. The van der Waals surface area contributed by atoms with Crippen molar-refractivity contribution in [1.29, 1.82) is 0 Å². The van der Waals surface area contributed by atoms with Crippen LogP contribution in [0.15, 0.2) is 72.9 Å². The molecule has 0 unspecified atom stereocenters. The van der Waals surface area contributed by atoms with Crippen LogP contribution in [0.4, 0.5) is 0 Å². The van der Waals surface area contributed by atoms with Crippen molar-refractivity contribution in [1.82, 2.24) is 0 Å². The van der Waals surface area contributed by atoms with Gasteiger partial charge in [0.25, 0.3) is 0 Å². The average molecular weight is 264 g/mol. The Morgan fingerprint density at radius 3 is 2.00 bits per heavy atom. The first-order chi connectivity index (χ1) is 6.50. The SMILES string of the molecule is [C-]1=CC=CC=CC=C1.[Ti+2].[Ti].c1cc[cH-]c1. The minimum Gasteiger partial charge on any atom is -0.214 e. The van der Waals surface area contributed by atoms with E-state index in [1.54, 1.807) is 0 Å². The molecular formula is C13H12Ti2. The summed E-state index contributed by atoms with van der Waals surface area (Å²) in [6.07, 6.45) is 16.5. The molecule has 1 aliphatic carbocycles. The van der Waals surface area contributed by atoms with Crippen LogP contribution in [0.5, 0.6) is 0 Å². The van der Waals surface area contributed by atoms with Crippen molar-refractivity contribution in [3.8, 4) is 0 Å². The second-order valence-electron chi connectivity index (χ2n) is 2.42. The van der Waals surface area contributed by atoms with Gasteiger partial charge in [-0.25, -0.2) is 12.1 Å². The molecule has 0 spiro atoms. The van der Waals surface area contributed by atoms with E-state index in [4.69, 9.17) is 0 Å². The van der Waals surface area contributed by atoms with E-state index in [1.165, 1.54) is 0 Å². The molecule has 2 rings (SSSR count). The molecule has 0 atom stereocenters. The molecule has 1 aromatic carbocycles. The van der Waals surface area contributed by atoms with Gasteiger partial charge in [-0.3, -0.25) is 0 Å². The van der Waals surface area contributed by atoms with Crippen LogP contribution >= 0.6 is 0 Å². The zero-order valence-corrected chi connectivity index (χ0v) is 11.6. The largest absolute Gasteiger partial charge is 2.00 e. The predicted molar refractivity (Wildman–Crippen MR) is 57.3 cm³/mol. The zero-order valence-electron chi connectivity index (χ0n) is 8.43. The molecule has 0 heterocycles.